The average Bonchev–Trinajstić information content (AvgIpc) is 3.09. The number of hydrogen-bond acceptors (Lipinski definition) is 6. The highest BCUT2D eigenvalue weighted by molar-refractivity contribution is 5.94. The normalized spacial score (nSPS) is 11.0. The van der Waals surface area contributed by atoms with E-state index in [0.29, 0.717) is 17.0 Å². The number of nitrogens with zero attached hydrogens (tertiary/aromatic N) is 6. The van der Waals surface area contributed by atoms with Crippen molar-refractivity contribution in [2.75, 3.05) is 11.9 Å². The summed E-state index contributed by atoms with van der Waals surface area (Å²) in [5, 5.41) is 19.7. The highest BCUT2D eigenvalue weighted by atomic mass is 16.6. The van der Waals surface area contributed by atoms with Crippen LogP contribution in [0.4, 0.5) is 17.2 Å². The number of fused-ring (bicyclic) bond motifs is 3. The first kappa shape index (κ1) is 14.1. The van der Waals surface area contributed by atoms with Crippen molar-refractivity contribution in [1.29, 1.82) is 0 Å². The van der Waals surface area contributed by atoms with Crippen molar-refractivity contribution >= 4 is 33.9 Å². The standard InChI is InChI=1S/C16H12N6O2/c1-20(11-5-3-2-4-6-11)15-13-9-12(22(23)24)7-8-14(13)21-10-17-19-16(21)18-15/h2-10H,1H3. The summed E-state index contributed by atoms with van der Waals surface area (Å²) in [6.45, 7) is 0. The van der Waals surface area contributed by atoms with Gasteiger partial charge in [-0.2, -0.15) is 4.98 Å². The predicted octanol–water partition coefficient (Wildman–Crippen LogP) is 2.95. The maximum Gasteiger partial charge on any atom is 0.270 e. The van der Waals surface area contributed by atoms with Gasteiger partial charge in [0.05, 0.1) is 10.4 Å². The van der Waals surface area contributed by atoms with Crippen LogP contribution in [0.25, 0.3) is 16.7 Å². The van der Waals surface area contributed by atoms with Gasteiger partial charge < -0.3 is 4.90 Å². The summed E-state index contributed by atoms with van der Waals surface area (Å²) in [6, 6.07) is 14.3. The number of benzene rings is 2. The predicted molar refractivity (Wildman–Crippen MR) is 89.4 cm³/mol. The van der Waals surface area contributed by atoms with Crippen LogP contribution in [0.2, 0.25) is 0 Å². The molecular weight excluding hydrogens is 308 g/mol. The van der Waals surface area contributed by atoms with Crippen molar-refractivity contribution in [2.45, 2.75) is 0 Å². The molecule has 0 N–H and O–H groups in total. The number of aromatic nitrogens is 4. The Morgan fingerprint density at radius 1 is 1.17 bits per heavy atom. The molecular formula is C16H12N6O2. The Kier molecular flexibility index (Phi) is 3.09. The topological polar surface area (TPSA) is 89.5 Å². The molecule has 2 heterocycles. The number of hydrogen-bond donors (Lipinski definition) is 0. The molecule has 0 amide bonds. The quantitative estimate of drug-likeness (QED) is 0.426. The number of para-hydroxylation sites is 1. The fourth-order valence-corrected chi connectivity index (χ4v) is 2.69. The number of nitro groups is 1. The Balaban J connectivity index is 2.04. The highest BCUT2D eigenvalue weighted by Crippen LogP contribution is 2.32. The van der Waals surface area contributed by atoms with E-state index in [1.807, 2.05) is 42.3 Å². The molecule has 4 rings (SSSR count). The van der Waals surface area contributed by atoms with Crippen molar-refractivity contribution in [3.8, 4) is 0 Å². The van der Waals surface area contributed by atoms with Gasteiger partial charge in [-0.3, -0.25) is 14.5 Å². The molecule has 0 aliphatic heterocycles. The van der Waals surface area contributed by atoms with Gasteiger partial charge in [-0.05, 0) is 18.2 Å². The molecule has 0 aliphatic rings. The molecule has 2 aromatic carbocycles. The minimum atomic E-state index is -0.415. The fraction of sp³-hybridized carbons (Fsp3) is 0.0625. The van der Waals surface area contributed by atoms with Gasteiger partial charge >= 0.3 is 0 Å². The van der Waals surface area contributed by atoms with Gasteiger partial charge in [0.1, 0.15) is 12.1 Å². The van der Waals surface area contributed by atoms with Gasteiger partial charge in [-0.1, -0.05) is 18.2 Å². The molecule has 0 saturated heterocycles. The van der Waals surface area contributed by atoms with Crippen LogP contribution in [0.1, 0.15) is 0 Å². The molecule has 0 fully saturated rings. The molecule has 0 radical (unpaired) electrons. The maximum absolute atomic E-state index is 11.1. The zero-order valence-electron chi connectivity index (χ0n) is 12.7. The molecule has 0 bridgehead atoms. The molecule has 0 aliphatic carbocycles. The summed E-state index contributed by atoms with van der Waals surface area (Å²) >= 11 is 0. The van der Waals surface area contributed by atoms with Crippen molar-refractivity contribution in [1.82, 2.24) is 19.6 Å². The van der Waals surface area contributed by atoms with E-state index in [2.05, 4.69) is 15.2 Å². The lowest BCUT2D eigenvalue weighted by molar-refractivity contribution is -0.384. The summed E-state index contributed by atoms with van der Waals surface area (Å²) in [4.78, 5) is 17.1. The zero-order valence-corrected chi connectivity index (χ0v) is 12.7. The average molecular weight is 320 g/mol. The molecule has 24 heavy (non-hydrogen) atoms. The van der Waals surface area contributed by atoms with Crippen molar-refractivity contribution in [2.24, 2.45) is 0 Å². The number of anilines is 2. The largest absolute Gasteiger partial charge is 0.329 e. The van der Waals surface area contributed by atoms with Gasteiger partial charge in [0.25, 0.3) is 11.5 Å². The summed E-state index contributed by atoms with van der Waals surface area (Å²) < 4.78 is 1.71. The van der Waals surface area contributed by atoms with Crippen LogP contribution in [0.5, 0.6) is 0 Å². The van der Waals surface area contributed by atoms with Crippen LogP contribution >= 0.6 is 0 Å². The first-order chi connectivity index (χ1) is 11.6. The van der Waals surface area contributed by atoms with Gasteiger partial charge in [0, 0.05) is 30.3 Å². The van der Waals surface area contributed by atoms with Crippen LogP contribution in [0, 0.1) is 10.1 Å². The smallest absolute Gasteiger partial charge is 0.270 e. The van der Waals surface area contributed by atoms with Gasteiger partial charge in [0.15, 0.2) is 0 Å². The van der Waals surface area contributed by atoms with Gasteiger partial charge in [0.2, 0.25) is 0 Å². The van der Waals surface area contributed by atoms with Gasteiger partial charge in [-0.25, -0.2) is 0 Å². The van der Waals surface area contributed by atoms with Crippen molar-refractivity contribution in [3.05, 3.63) is 65.0 Å². The molecule has 118 valence electrons. The molecule has 8 nitrogen and oxygen atoms in total. The van der Waals surface area contributed by atoms with Crippen LogP contribution in [-0.4, -0.2) is 31.6 Å². The summed E-state index contributed by atoms with van der Waals surface area (Å²) in [6.07, 6.45) is 1.54. The minimum Gasteiger partial charge on any atom is -0.329 e. The Labute approximate surface area is 136 Å². The third-order valence-corrected chi connectivity index (χ3v) is 3.89. The summed E-state index contributed by atoms with van der Waals surface area (Å²) in [5.74, 6) is 1.02. The molecule has 0 unspecified atom stereocenters. The molecule has 0 atom stereocenters. The van der Waals surface area contributed by atoms with Gasteiger partial charge in [-0.15, -0.1) is 10.2 Å². The minimum absolute atomic E-state index is 0.0134. The number of non-ortho nitro benzene ring substituents is 1. The Morgan fingerprint density at radius 3 is 2.71 bits per heavy atom. The van der Waals surface area contributed by atoms with E-state index in [9.17, 15) is 10.1 Å². The van der Waals surface area contributed by atoms with E-state index in [-0.39, 0.29) is 5.69 Å². The zero-order chi connectivity index (χ0) is 16.7. The summed E-state index contributed by atoms with van der Waals surface area (Å²) in [7, 11) is 1.86. The maximum atomic E-state index is 11.1. The lowest BCUT2D eigenvalue weighted by atomic mass is 10.2. The van der Waals surface area contributed by atoms with Crippen LogP contribution in [-0.2, 0) is 0 Å². The molecule has 0 saturated carbocycles. The Morgan fingerprint density at radius 2 is 1.96 bits per heavy atom. The fourth-order valence-electron chi connectivity index (χ4n) is 2.69. The van der Waals surface area contributed by atoms with Crippen LogP contribution in [0.15, 0.2) is 54.9 Å². The second-order valence-electron chi connectivity index (χ2n) is 5.29. The van der Waals surface area contributed by atoms with E-state index < -0.39 is 4.92 Å². The third kappa shape index (κ3) is 2.12. The molecule has 8 heteroatoms. The Bertz CT molecular complexity index is 1060. The van der Waals surface area contributed by atoms with Crippen LogP contribution in [0.3, 0.4) is 0 Å². The molecule has 0 spiro atoms. The monoisotopic (exact) mass is 320 g/mol. The van der Waals surface area contributed by atoms with E-state index in [1.165, 1.54) is 12.1 Å². The number of rotatable bonds is 3. The van der Waals surface area contributed by atoms with Crippen LogP contribution < -0.4 is 4.90 Å². The summed E-state index contributed by atoms with van der Waals surface area (Å²) in [5.41, 5.74) is 1.69. The van der Waals surface area contributed by atoms with E-state index in [4.69, 9.17) is 0 Å². The van der Waals surface area contributed by atoms with E-state index >= 15 is 0 Å². The SMILES string of the molecule is CN(c1ccccc1)c1nc2nncn2c2ccc([N+](=O)[O-])cc12. The van der Waals surface area contributed by atoms with E-state index in [1.54, 1.807) is 16.8 Å². The van der Waals surface area contributed by atoms with E-state index in [0.717, 1.165) is 11.2 Å². The first-order valence-corrected chi connectivity index (χ1v) is 7.22. The second-order valence-corrected chi connectivity index (χ2v) is 5.29. The molecule has 2 aromatic heterocycles. The second kappa shape index (κ2) is 5.27. The van der Waals surface area contributed by atoms with Crippen molar-refractivity contribution in [3.63, 3.8) is 0 Å². The molecule has 4 aromatic rings. The van der Waals surface area contributed by atoms with Crippen molar-refractivity contribution < 1.29 is 4.92 Å². The third-order valence-electron chi connectivity index (χ3n) is 3.89. The lowest BCUT2D eigenvalue weighted by Gasteiger charge is -2.20. The lowest BCUT2D eigenvalue weighted by Crippen LogP contribution is -2.13. The Hall–Kier alpha value is -3.55. The number of nitro benzene ring substituents is 1. The first-order valence-electron chi connectivity index (χ1n) is 7.22. The highest BCUT2D eigenvalue weighted by Gasteiger charge is 2.17.